The predicted molar refractivity (Wildman–Crippen MR) is 115 cm³/mol. The molecular weight excluding hydrogens is 397 g/mol. The van der Waals surface area contributed by atoms with Crippen molar-refractivity contribution in [2.45, 2.75) is 51.0 Å². The van der Waals surface area contributed by atoms with Gasteiger partial charge in [-0.25, -0.2) is 4.39 Å². The first kappa shape index (κ1) is 20.1. The number of hydrogen-bond acceptors (Lipinski definition) is 3. The summed E-state index contributed by atoms with van der Waals surface area (Å²) in [7, 11) is 0. The molecule has 2 aromatic carbocycles. The minimum Gasteiger partial charge on any atom is -0.507 e. The molecule has 1 aromatic heterocycles. The van der Waals surface area contributed by atoms with Crippen LogP contribution in [0.25, 0.3) is 16.6 Å². The van der Waals surface area contributed by atoms with Crippen LogP contribution in [0.5, 0.6) is 5.75 Å². The van der Waals surface area contributed by atoms with Crippen LogP contribution in [0.3, 0.4) is 0 Å². The lowest BCUT2D eigenvalue weighted by atomic mass is 9.62. The number of aromatic nitrogens is 1. The molecule has 1 aliphatic heterocycles. The number of phenols is 1. The zero-order chi connectivity index (χ0) is 22.1. The van der Waals surface area contributed by atoms with Gasteiger partial charge in [0.1, 0.15) is 11.6 Å². The molecule has 0 amide bonds. The van der Waals surface area contributed by atoms with Crippen LogP contribution in [0.1, 0.15) is 49.9 Å². The molecule has 0 atom stereocenters. The number of phenolic OH excluding ortho intramolecular Hbond substituents is 1. The van der Waals surface area contributed by atoms with Gasteiger partial charge in [0, 0.05) is 34.2 Å². The van der Waals surface area contributed by atoms with Crippen molar-refractivity contribution in [1.29, 1.82) is 0 Å². The van der Waals surface area contributed by atoms with Crippen molar-refractivity contribution in [2.75, 3.05) is 6.61 Å². The molecule has 0 unspecified atom stereocenters. The highest BCUT2D eigenvalue weighted by Crippen LogP contribution is 2.59. The average molecular weight is 423 g/mol. The minimum absolute atomic E-state index is 0.0453. The number of benzene rings is 2. The van der Waals surface area contributed by atoms with Crippen molar-refractivity contribution in [2.24, 2.45) is 5.92 Å². The number of hydrogen-bond donors (Lipinski definition) is 2. The molecule has 1 saturated carbocycles. The zero-order valence-corrected chi connectivity index (χ0v) is 17.9. The Bertz CT molecular complexity index is 1220. The number of ether oxygens (including phenoxy) is 1. The summed E-state index contributed by atoms with van der Waals surface area (Å²) in [6.07, 6.45) is 1.34. The first-order valence-electron chi connectivity index (χ1n) is 10.6. The molecule has 2 aliphatic rings. The molecule has 0 radical (unpaired) electrons. The lowest BCUT2D eigenvalue weighted by Crippen LogP contribution is -2.51. The molecule has 5 nitrogen and oxygen atoms in total. The van der Waals surface area contributed by atoms with E-state index in [-0.39, 0.29) is 29.3 Å². The van der Waals surface area contributed by atoms with Crippen molar-refractivity contribution < 1.29 is 24.1 Å². The highest BCUT2D eigenvalue weighted by molar-refractivity contribution is 5.94. The van der Waals surface area contributed by atoms with E-state index in [4.69, 9.17) is 4.74 Å². The molecule has 2 heterocycles. The van der Waals surface area contributed by atoms with Gasteiger partial charge in [-0.15, -0.1) is 0 Å². The van der Waals surface area contributed by atoms with Gasteiger partial charge in [0.2, 0.25) is 0 Å². The van der Waals surface area contributed by atoms with Crippen molar-refractivity contribution in [3.05, 3.63) is 59.0 Å². The van der Waals surface area contributed by atoms with E-state index >= 15 is 0 Å². The SMILES string of the molecule is Cc1cc(-n2c3c(c4c(O)cccc42)[C@]2(C[C@H](CC(=O)O)C2)OCC3(C)C)ccc1F. The summed E-state index contributed by atoms with van der Waals surface area (Å²) in [5.41, 5.74) is 3.25. The smallest absolute Gasteiger partial charge is 0.303 e. The maximum atomic E-state index is 14.0. The van der Waals surface area contributed by atoms with Crippen molar-refractivity contribution in [3.8, 4) is 11.4 Å². The van der Waals surface area contributed by atoms with Gasteiger partial charge >= 0.3 is 5.97 Å². The zero-order valence-electron chi connectivity index (χ0n) is 17.9. The number of nitrogens with zero attached hydrogens (tertiary/aromatic N) is 1. The largest absolute Gasteiger partial charge is 0.507 e. The summed E-state index contributed by atoms with van der Waals surface area (Å²) >= 11 is 0. The molecular formula is C25H26FNO4. The Morgan fingerprint density at radius 1 is 1.26 bits per heavy atom. The predicted octanol–water partition coefficient (Wildman–Crippen LogP) is 5.17. The van der Waals surface area contributed by atoms with Crippen LogP contribution in [0.15, 0.2) is 36.4 Å². The third kappa shape index (κ3) is 2.88. The number of carboxylic acids is 1. The third-order valence-corrected chi connectivity index (χ3v) is 6.88. The Hall–Kier alpha value is -2.86. The summed E-state index contributed by atoms with van der Waals surface area (Å²) in [6, 6.07) is 10.5. The summed E-state index contributed by atoms with van der Waals surface area (Å²) in [5, 5.41) is 20.8. The monoisotopic (exact) mass is 423 g/mol. The maximum absolute atomic E-state index is 14.0. The molecule has 1 spiro atoms. The molecule has 0 bridgehead atoms. The molecule has 0 saturated heterocycles. The summed E-state index contributed by atoms with van der Waals surface area (Å²) in [4.78, 5) is 11.2. The van der Waals surface area contributed by atoms with Crippen LogP contribution < -0.4 is 0 Å². The summed E-state index contributed by atoms with van der Waals surface area (Å²) in [5.74, 6) is -0.840. The second-order valence-electron chi connectivity index (χ2n) is 9.70. The number of aromatic hydroxyl groups is 1. The molecule has 162 valence electrons. The van der Waals surface area contributed by atoms with Gasteiger partial charge in [-0.3, -0.25) is 4.79 Å². The first-order chi connectivity index (χ1) is 14.6. The number of carboxylic acid groups (broad SMARTS) is 1. The van der Waals surface area contributed by atoms with E-state index in [1.54, 1.807) is 19.1 Å². The fourth-order valence-corrected chi connectivity index (χ4v) is 5.49. The van der Waals surface area contributed by atoms with Gasteiger partial charge in [-0.1, -0.05) is 19.9 Å². The third-order valence-electron chi connectivity index (χ3n) is 6.88. The molecule has 1 aliphatic carbocycles. The number of rotatable bonds is 3. The number of fused-ring (bicyclic) bond motifs is 4. The molecule has 1 fully saturated rings. The molecule has 6 heteroatoms. The van der Waals surface area contributed by atoms with Crippen molar-refractivity contribution >= 4 is 16.9 Å². The van der Waals surface area contributed by atoms with Gasteiger partial charge in [0.05, 0.1) is 17.7 Å². The van der Waals surface area contributed by atoms with Crippen LogP contribution in [-0.2, 0) is 20.5 Å². The van der Waals surface area contributed by atoms with E-state index in [0.29, 0.717) is 25.0 Å². The second kappa shape index (κ2) is 6.57. The number of aryl methyl sites for hydroxylation is 1. The van der Waals surface area contributed by atoms with E-state index in [0.717, 1.165) is 27.8 Å². The first-order valence-corrected chi connectivity index (χ1v) is 10.6. The van der Waals surface area contributed by atoms with Gasteiger partial charge in [-0.2, -0.15) is 0 Å². The fraction of sp³-hybridized carbons (Fsp3) is 0.400. The van der Waals surface area contributed by atoms with E-state index in [9.17, 15) is 19.4 Å². The Morgan fingerprint density at radius 2 is 2.00 bits per heavy atom. The number of aliphatic carboxylic acids is 1. The Morgan fingerprint density at radius 3 is 2.68 bits per heavy atom. The van der Waals surface area contributed by atoms with Crippen molar-refractivity contribution in [3.63, 3.8) is 0 Å². The fourth-order valence-electron chi connectivity index (χ4n) is 5.49. The maximum Gasteiger partial charge on any atom is 0.303 e. The van der Waals surface area contributed by atoms with Crippen LogP contribution in [0.2, 0.25) is 0 Å². The Balaban J connectivity index is 1.80. The number of carbonyl (C=O) groups is 1. The van der Waals surface area contributed by atoms with E-state index in [1.807, 2.05) is 18.2 Å². The lowest BCUT2D eigenvalue weighted by Gasteiger charge is -2.53. The standard InChI is InChI=1S/C25H26FNO4/c1-14-9-16(7-8-17(14)26)27-18-5-4-6-19(28)21(18)22-23(27)24(2,3)13-31-25(22)11-15(12-25)10-20(29)30/h4-9,15,28H,10-13H2,1-3H3,(H,29,30)/t15-,25+. The second-order valence-corrected chi connectivity index (χ2v) is 9.70. The quantitative estimate of drug-likeness (QED) is 0.610. The number of halogens is 1. The van der Waals surface area contributed by atoms with Crippen LogP contribution >= 0.6 is 0 Å². The van der Waals surface area contributed by atoms with Gasteiger partial charge in [0.25, 0.3) is 0 Å². The highest BCUT2D eigenvalue weighted by Gasteiger charge is 2.55. The minimum atomic E-state index is -0.803. The van der Waals surface area contributed by atoms with Gasteiger partial charge in [-0.05, 0) is 61.6 Å². The highest BCUT2D eigenvalue weighted by atomic mass is 19.1. The van der Waals surface area contributed by atoms with Crippen LogP contribution in [-0.4, -0.2) is 27.4 Å². The van der Waals surface area contributed by atoms with Crippen LogP contribution in [0, 0.1) is 18.7 Å². The van der Waals surface area contributed by atoms with Gasteiger partial charge < -0.3 is 19.5 Å². The summed E-state index contributed by atoms with van der Waals surface area (Å²) < 4.78 is 22.6. The normalized spacial score (nSPS) is 24.2. The average Bonchev–Trinajstić information content (AvgIpc) is 3.03. The van der Waals surface area contributed by atoms with E-state index < -0.39 is 11.6 Å². The van der Waals surface area contributed by atoms with Gasteiger partial charge in [0.15, 0.2) is 0 Å². The molecule has 3 aromatic rings. The van der Waals surface area contributed by atoms with Crippen LogP contribution in [0.4, 0.5) is 4.39 Å². The lowest BCUT2D eigenvalue weighted by molar-refractivity contribution is -0.167. The molecule has 2 N–H and O–H groups in total. The Kier molecular flexibility index (Phi) is 4.25. The van der Waals surface area contributed by atoms with E-state index in [2.05, 4.69) is 18.4 Å². The summed E-state index contributed by atoms with van der Waals surface area (Å²) in [6.45, 7) is 6.44. The topological polar surface area (TPSA) is 71.7 Å². The molecule has 31 heavy (non-hydrogen) atoms. The van der Waals surface area contributed by atoms with Crippen molar-refractivity contribution in [1.82, 2.24) is 4.57 Å². The Labute approximate surface area is 180 Å². The van der Waals surface area contributed by atoms with E-state index in [1.165, 1.54) is 6.07 Å². The molecule has 5 rings (SSSR count).